The summed E-state index contributed by atoms with van der Waals surface area (Å²) in [6, 6.07) is 13.6. The molecule has 0 radical (unpaired) electrons. The van der Waals surface area contributed by atoms with E-state index < -0.39 is 6.04 Å². The average molecular weight is 383 g/mol. The molecule has 0 spiro atoms. The van der Waals surface area contributed by atoms with Crippen LogP contribution in [0, 0.1) is 18.7 Å². The third kappa shape index (κ3) is 4.95. The van der Waals surface area contributed by atoms with E-state index in [0.717, 1.165) is 25.1 Å². The lowest BCUT2D eigenvalue weighted by Gasteiger charge is -2.35. The smallest absolute Gasteiger partial charge is 0.241 e. The Morgan fingerprint density at radius 2 is 1.86 bits per heavy atom. The van der Waals surface area contributed by atoms with Crippen molar-refractivity contribution in [1.29, 1.82) is 0 Å². The highest BCUT2D eigenvalue weighted by molar-refractivity contribution is 5.95. The number of rotatable bonds is 5. The highest BCUT2D eigenvalue weighted by Crippen LogP contribution is 2.21. The Balaban J connectivity index is 1.58. The van der Waals surface area contributed by atoms with Crippen LogP contribution in [0.4, 0.5) is 15.8 Å². The number of carbonyl (C=O) groups is 2. The minimum absolute atomic E-state index is 0.0240. The Hall–Kier alpha value is -2.73. The van der Waals surface area contributed by atoms with Crippen molar-refractivity contribution in [2.24, 2.45) is 5.92 Å². The molecule has 2 aromatic carbocycles. The number of carbonyl (C=O) groups excluding carboxylic acids is 2. The van der Waals surface area contributed by atoms with Crippen LogP contribution in [-0.2, 0) is 9.59 Å². The van der Waals surface area contributed by atoms with Crippen molar-refractivity contribution in [3.8, 4) is 0 Å². The van der Waals surface area contributed by atoms with Gasteiger partial charge in [0, 0.05) is 17.9 Å². The Morgan fingerprint density at radius 1 is 1.11 bits per heavy atom. The second-order valence-corrected chi connectivity index (χ2v) is 7.32. The molecule has 2 N–H and O–H groups in total. The van der Waals surface area contributed by atoms with Crippen LogP contribution < -0.4 is 10.6 Å². The second kappa shape index (κ2) is 8.97. The largest absolute Gasteiger partial charge is 0.326 e. The molecule has 0 unspecified atom stereocenters. The molecule has 1 aliphatic rings. The second-order valence-electron chi connectivity index (χ2n) is 7.32. The molecule has 0 saturated carbocycles. The standard InChI is InChI=1S/C22H26FN3O2/c1-15-10-11-19(13-20(15)23)25-21(27)16(2)26-12-6-7-17(14-26)22(28)24-18-8-4-3-5-9-18/h3-5,8-11,13,16-17H,6-7,12,14H2,1-2H3,(H,24,28)(H,25,27)/t16-,17-/m1/s1. The number of amides is 2. The van der Waals surface area contributed by atoms with Crippen LogP contribution in [0.2, 0.25) is 0 Å². The highest BCUT2D eigenvalue weighted by atomic mass is 19.1. The first-order valence-electron chi connectivity index (χ1n) is 9.61. The van der Waals surface area contributed by atoms with Crippen LogP contribution in [0.5, 0.6) is 0 Å². The van der Waals surface area contributed by atoms with Gasteiger partial charge in [0.05, 0.1) is 12.0 Å². The molecule has 5 nitrogen and oxygen atoms in total. The summed E-state index contributed by atoms with van der Waals surface area (Å²) in [5.74, 6) is -0.737. The molecule has 1 aliphatic heterocycles. The van der Waals surface area contributed by atoms with Gasteiger partial charge in [0.25, 0.3) is 0 Å². The summed E-state index contributed by atoms with van der Waals surface area (Å²) < 4.78 is 13.7. The zero-order valence-corrected chi connectivity index (χ0v) is 16.2. The van der Waals surface area contributed by atoms with Crippen molar-refractivity contribution in [2.45, 2.75) is 32.7 Å². The maximum absolute atomic E-state index is 13.7. The molecule has 2 amide bonds. The third-order valence-corrected chi connectivity index (χ3v) is 5.23. The Labute approximate surface area is 164 Å². The van der Waals surface area contributed by atoms with Crippen molar-refractivity contribution in [3.05, 3.63) is 59.9 Å². The number of benzene rings is 2. The van der Waals surface area contributed by atoms with Gasteiger partial charge >= 0.3 is 0 Å². The molecule has 6 heteroatoms. The summed E-state index contributed by atoms with van der Waals surface area (Å²) in [6.45, 7) is 4.77. The number of nitrogens with zero attached hydrogens (tertiary/aromatic N) is 1. The van der Waals surface area contributed by atoms with Crippen molar-refractivity contribution in [2.75, 3.05) is 23.7 Å². The van der Waals surface area contributed by atoms with Crippen LogP contribution in [0.1, 0.15) is 25.3 Å². The van der Waals surface area contributed by atoms with Crippen LogP contribution in [0.25, 0.3) is 0 Å². The van der Waals surface area contributed by atoms with E-state index >= 15 is 0 Å². The topological polar surface area (TPSA) is 61.4 Å². The fourth-order valence-corrected chi connectivity index (χ4v) is 3.42. The van der Waals surface area contributed by atoms with E-state index in [1.165, 1.54) is 6.07 Å². The van der Waals surface area contributed by atoms with Crippen LogP contribution in [0.15, 0.2) is 48.5 Å². The fraction of sp³-hybridized carbons (Fsp3) is 0.364. The van der Waals surface area contributed by atoms with Crippen LogP contribution in [0.3, 0.4) is 0 Å². The number of aryl methyl sites for hydroxylation is 1. The first-order valence-corrected chi connectivity index (χ1v) is 9.61. The third-order valence-electron chi connectivity index (χ3n) is 5.23. The predicted octanol–water partition coefficient (Wildman–Crippen LogP) is 3.81. The molecule has 1 fully saturated rings. The van der Waals surface area contributed by atoms with Crippen LogP contribution >= 0.6 is 0 Å². The maximum Gasteiger partial charge on any atom is 0.241 e. The van der Waals surface area contributed by atoms with Gasteiger partial charge in [-0.25, -0.2) is 4.39 Å². The minimum atomic E-state index is -0.406. The van der Waals surface area contributed by atoms with Crippen molar-refractivity contribution in [1.82, 2.24) is 4.90 Å². The molecule has 0 bridgehead atoms. The van der Waals surface area contributed by atoms with Gasteiger partial charge in [-0.3, -0.25) is 14.5 Å². The van der Waals surface area contributed by atoms with Gasteiger partial charge in [-0.2, -0.15) is 0 Å². The van der Waals surface area contributed by atoms with Gasteiger partial charge in [-0.15, -0.1) is 0 Å². The highest BCUT2D eigenvalue weighted by Gasteiger charge is 2.31. The summed E-state index contributed by atoms with van der Waals surface area (Å²) in [7, 11) is 0. The zero-order chi connectivity index (χ0) is 20.1. The molecule has 0 aromatic heterocycles. The molecule has 0 aliphatic carbocycles. The molecular formula is C22H26FN3O2. The van der Waals surface area contributed by atoms with E-state index in [2.05, 4.69) is 10.6 Å². The Morgan fingerprint density at radius 3 is 2.57 bits per heavy atom. The molecule has 148 valence electrons. The lowest BCUT2D eigenvalue weighted by molar-refractivity contribution is -0.125. The summed E-state index contributed by atoms with van der Waals surface area (Å²) in [6.07, 6.45) is 1.65. The maximum atomic E-state index is 13.7. The molecule has 2 aromatic rings. The lowest BCUT2D eigenvalue weighted by Crippen LogP contribution is -2.49. The van der Waals surface area contributed by atoms with Gasteiger partial charge in [0.2, 0.25) is 11.8 Å². The van der Waals surface area contributed by atoms with Crippen molar-refractivity contribution in [3.63, 3.8) is 0 Å². The van der Waals surface area contributed by atoms with Gasteiger partial charge < -0.3 is 10.6 Å². The van der Waals surface area contributed by atoms with Gasteiger partial charge in [0.15, 0.2) is 0 Å². The molecule has 28 heavy (non-hydrogen) atoms. The summed E-state index contributed by atoms with van der Waals surface area (Å²) >= 11 is 0. The molecular weight excluding hydrogens is 357 g/mol. The van der Waals surface area contributed by atoms with E-state index in [9.17, 15) is 14.0 Å². The number of anilines is 2. The lowest BCUT2D eigenvalue weighted by atomic mass is 9.95. The number of hydrogen-bond acceptors (Lipinski definition) is 3. The normalized spacial score (nSPS) is 18.3. The first kappa shape index (κ1) is 20.0. The minimum Gasteiger partial charge on any atom is -0.326 e. The number of nitrogens with one attached hydrogen (secondary N) is 2. The van der Waals surface area contributed by atoms with Crippen molar-refractivity contribution < 1.29 is 14.0 Å². The van der Waals surface area contributed by atoms with Gasteiger partial charge in [-0.1, -0.05) is 24.3 Å². The van der Waals surface area contributed by atoms with Gasteiger partial charge in [-0.05, 0) is 63.1 Å². The quantitative estimate of drug-likeness (QED) is 0.825. The number of piperidine rings is 1. The molecule has 3 rings (SSSR count). The number of hydrogen-bond donors (Lipinski definition) is 2. The number of likely N-dealkylation sites (tertiary alicyclic amines) is 1. The van der Waals surface area contributed by atoms with Crippen LogP contribution in [-0.4, -0.2) is 35.8 Å². The molecule has 1 saturated heterocycles. The fourth-order valence-electron chi connectivity index (χ4n) is 3.42. The number of halogens is 1. The monoisotopic (exact) mass is 383 g/mol. The van der Waals surface area contributed by atoms with E-state index in [-0.39, 0.29) is 23.5 Å². The number of para-hydroxylation sites is 1. The summed E-state index contributed by atoms with van der Waals surface area (Å²) in [4.78, 5) is 27.2. The van der Waals surface area contributed by atoms with E-state index in [1.54, 1.807) is 19.1 Å². The van der Waals surface area contributed by atoms with Crippen molar-refractivity contribution >= 4 is 23.2 Å². The average Bonchev–Trinajstić information content (AvgIpc) is 2.71. The zero-order valence-electron chi connectivity index (χ0n) is 16.2. The SMILES string of the molecule is Cc1ccc(NC(=O)[C@@H](C)N2CCC[C@@H](C(=O)Nc3ccccc3)C2)cc1F. The molecule has 1 heterocycles. The van der Waals surface area contributed by atoms with E-state index in [4.69, 9.17) is 0 Å². The summed E-state index contributed by atoms with van der Waals surface area (Å²) in [5.41, 5.74) is 1.75. The van der Waals surface area contributed by atoms with E-state index in [1.807, 2.05) is 42.2 Å². The predicted molar refractivity (Wildman–Crippen MR) is 109 cm³/mol. The summed E-state index contributed by atoms with van der Waals surface area (Å²) in [5, 5.41) is 5.71. The first-order chi connectivity index (χ1) is 13.4. The Bertz CT molecular complexity index is 841. The Kier molecular flexibility index (Phi) is 6.41. The van der Waals surface area contributed by atoms with Gasteiger partial charge in [0.1, 0.15) is 5.82 Å². The molecule has 2 atom stereocenters. The van der Waals surface area contributed by atoms with E-state index in [0.29, 0.717) is 17.8 Å².